The van der Waals surface area contributed by atoms with Crippen LogP contribution in [-0.4, -0.2) is 22.7 Å². The van der Waals surface area contributed by atoms with E-state index in [1.807, 2.05) is 0 Å². The Morgan fingerprint density at radius 3 is 2.78 bits per heavy atom. The Morgan fingerprint density at radius 2 is 2.44 bits per heavy atom. The molecular formula is C5H9ClO2S. The summed E-state index contributed by atoms with van der Waals surface area (Å²) in [5.41, 5.74) is 0. The third-order valence-electron chi connectivity index (χ3n) is 1.38. The van der Waals surface area contributed by atoms with Gasteiger partial charge < -0.3 is 4.74 Å². The summed E-state index contributed by atoms with van der Waals surface area (Å²) in [6.45, 7) is 1.36. The Morgan fingerprint density at radius 1 is 1.67 bits per heavy atom. The molecule has 0 N–H and O–H groups in total. The normalized spacial score (nSPS) is 31.9. The average Bonchev–Trinajstić information content (AvgIpc) is 1.90. The molecule has 54 valence electrons. The molecule has 2 unspecified atom stereocenters. The van der Waals surface area contributed by atoms with E-state index in [1.54, 1.807) is 0 Å². The lowest BCUT2D eigenvalue weighted by Gasteiger charge is -2.17. The molecule has 0 radical (unpaired) electrons. The molecule has 0 aromatic heterocycles. The van der Waals surface area contributed by atoms with E-state index in [0.717, 1.165) is 19.4 Å². The van der Waals surface area contributed by atoms with Crippen LogP contribution in [0.3, 0.4) is 0 Å². The van der Waals surface area contributed by atoms with Crippen molar-refractivity contribution in [3.63, 3.8) is 0 Å². The van der Waals surface area contributed by atoms with Crippen LogP contribution in [0.25, 0.3) is 0 Å². The van der Waals surface area contributed by atoms with Crippen LogP contribution in [0.4, 0.5) is 0 Å². The minimum atomic E-state index is -1.20. The second-order valence-corrected chi connectivity index (χ2v) is 4.16. The molecule has 1 heterocycles. The molecule has 4 heteroatoms. The number of rotatable bonds is 1. The van der Waals surface area contributed by atoms with Crippen molar-refractivity contribution in [3.8, 4) is 0 Å². The van der Waals surface area contributed by atoms with E-state index >= 15 is 0 Å². The molecule has 0 bridgehead atoms. The zero-order valence-electron chi connectivity index (χ0n) is 5.01. The molecular weight excluding hydrogens is 160 g/mol. The maximum Gasteiger partial charge on any atom is 0.120 e. The summed E-state index contributed by atoms with van der Waals surface area (Å²) in [6.07, 6.45) is 1.93. The zero-order chi connectivity index (χ0) is 6.69. The maximum absolute atomic E-state index is 10.6. The molecule has 2 nitrogen and oxygen atoms in total. The maximum atomic E-state index is 10.6. The van der Waals surface area contributed by atoms with Gasteiger partial charge in [0, 0.05) is 6.61 Å². The molecule has 0 aliphatic carbocycles. The number of hydrogen-bond acceptors (Lipinski definition) is 2. The van der Waals surface area contributed by atoms with E-state index in [0.29, 0.717) is 6.61 Å². The van der Waals surface area contributed by atoms with Crippen molar-refractivity contribution in [1.29, 1.82) is 0 Å². The summed E-state index contributed by atoms with van der Waals surface area (Å²) in [5.74, 6) is 0. The summed E-state index contributed by atoms with van der Waals surface area (Å²) in [7, 11) is 4.14. The van der Waals surface area contributed by atoms with E-state index in [9.17, 15) is 4.21 Å². The lowest BCUT2D eigenvalue weighted by molar-refractivity contribution is 0.101. The standard InChI is InChI=1S/C5H9ClO2S/c6-9(7)5-2-1-3-8-4-5/h5H,1-4H2. The van der Waals surface area contributed by atoms with Crippen molar-refractivity contribution in [1.82, 2.24) is 0 Å². The van der Waals surface area contributed by atoms with E-state index in [4.69, 9.17) is 15.4 Å². The molecule has 2 atom stereocenters. The van der Waals surface area contributed by atoms with Crippen LogP contribution in [0.15, 0.2) is 0 Å². The monoisotopic (exact) mass is 168 g/mol. The molecule has 0 amide bonds. The van der Waals surface area contributed by atoms with Crippen LogP contribution in [0.2, 0.25) is 0 Å². The molecule has 0 aromatic carbocycles. The van der Waals surface area contributed by atoms with Crippen LogP contribution in [-0.2, 0) is 14.7 Å². The topological polar surface area (TPSA) is 26.3 Å². The van der Waals surface area contributed by atoms with Crippen molar-refractivity contribution < 1.29 is 8.95 Å². The van der Waals surface area contributed by atoms with Crippen molar-refractivity contribution >= 4 is 20.7 Å². The highest BCUT2D eigenvalue weighted by molar-refractivity contribution is 8.08. The van der Waals surface area contributed by atoms with E-state index in [-0.39, 0.29) is 5.25 Å². The van der Waals surface area contributed by atoms with Gasteiger partial charge in [-0.2, -0.15) is 0 Å². The quantitative estimate of drug-likeness (QED) is 0.548. The summed E-state index contributed by atoms with van der Waals surface area (Å²) in [5, 5.41) is 0.0698. The number of halogens is 1. The summed E-state index contributed by atoms with van der Waals surface area (Å²) >= 11 is 0. The molecule has 1 rings (SSSR count). The van der Waals surface area contributed by atoms with Gasteiger partial charge in [-0.15, -0.1) is 0 Å². The Kier molecular flexibility index (Phi) is 2.95. The first-order valence-corrected chi connectivity index (χ1v) is 4.99. The zero-order valence-corrected chi connectivity index (χ0v) is 6.58. The van der Waals surface area contributed by atoms with Gasteiger partial charge in [0.1, 0.15) is 10.0 Å². The molecule has 0 aromatic rings. The molecule has 1 fully saturated rings. The van der Waals surface area contributed by atoms with Crippen molar-refractivity contribution in [2.24, 2.45) is 0 Å². The van der Waals surface area contributed by atoms with Gasteiger partial charge in [-0.3, -0.25) is 0 Å². The molecule has 9 heavy (non-hydrogen) atoms. The highest BCUT2D eigenvalue weighted by Gasteiger charge is 2.18. The van der Waals surface area contributed by atoms with Crippen LogP contribution in [0, 0.1) is 0 Å². The van der Waals surface area contributed by atoms with Crippen molar-refractivity contribution in [2.45, 2.75) is 18.1 Å². The Balaban J connectivity index is 2.31. The molecule has 1 aliphatic heterocycles. The smallest absolute Gasteiger partial charge is 0.120 e. The van der Waals surface area contributed by atoms with Gasteiger partial charge in [0.2, 0.25) is 0 Å². The largest absolute Gasteiger partial charge is 0.380 e. The first-order chi connectivity index (χ1) is 4.30. The first-order valence-electron chi connectivity index (χ1n) is 2.95. The fourth-order valence-corrected chi connectivity index (χ4v) is 1.83. The van der Waals surface area contributed by atoms with Gasteiger partial charge >= 0.3 is 0 Å². The minimum absolute atomic E-state index is 0.0698. The van der Waals surface area contributed by atoms with Crippen LogP contribution in [0.5, 0.6) is 0 Å². The Bertz CT molecular complexity index is 112. The van der Waals surface area contributed by atoms with Gasteiger partial charge in [0.25, 0.3) is 0 Å². The molecule has 0 spiro atoms. The van der Waals surface area contributed by atoms with Crippen LogP contribution in [0.1, 0.15) is 12.8 Å². The predicted octanol–water partition coefficient (Wildman–Crippen LogP) is 1.07. The van der Waals surface area contributed by atoms with E-state index in [2.05, 4.69) is 0 Å². The van der Waals surface area contributed by atoms with Gasteiger partial charge in [-0.25, -0.2) is 4.21 Å². The second-order valence-electron chi connectivity index (χ2n) is 2.09. The highest BCUT2D eigenvalue weighted by atomic mass is 35.7. The summed E-state index contributed by atoms with van der Waals surface area (Å²) in [4.78, 5) is 0. The molecule has 1 saturated heterocycles. The van der Waals surface area contributed by atoms with Gasteiger partial charge in [0.05, 0.1) is 11.9 Å². The first kappa shape index (κ1) is 7.51. The van der Waals surface area contributed by atoms with Crippen LogP contribution >= 0.6 is 10.7 Å². The third-order valence-corrected chi connectivity index (χ3v) is 3.03. The summed E-state index contributed by atoms with van der Waals surface area (Å²) in [6, 6.07) is 0. The fraction of sp³-hybridized carbons (Fsp3) is 1.00. The fourth-order valence-electron chi connectivity index (χ4n) is 0.857. The number of hydrogen-bond donors (Lipinski definition) is 0. The highest BCUT2D eigenvalue weighted by Crippen LogP contribution is 2.13. The lowest BCUT2D eigenvalue weighted by Crippen LogP contribution is -2.24. The predicted molar refractivity (Wildman–Crippen MR) is 37.8 cm³/mol. The van der Waals surface area contributed by atoms with Gasteiger partial charge in [0.15, 0.2) is 0 Å². The van der Waals surface area contributed by atoms with Gasteiger partial charge in [-0.1, -0.05) is 0 Å². The number of ether oxygens (including phenoxy) is 1. The third kappa shape index (κ3) is 2.24. The average molecular weight is 169 g/mol. The minimum Gasteiger partial charge on any atom is -0.380 e. The van der Waals surface area contributed by atoms with Crippen molar-refractivity contribution in [3.05, 3.63) is 0 Å². The van der Waals surface area contributed by atoms with Crippen LogP contribution < -0.4 is 0 Å². The second kappa shape index (κ2) is 3.54. The lowest BCUT2D eigenvalue weighted by atomic mass is 10.2. The SMILES string of the molecule is O=S(Cl)C1CCCOC1. The van der Waals surface area contributed by atoms with Gasteiger partial charge in [-0.05, 0) is 23.5 Å². The van der Waals surface area contributed by atoms with E-state index < -0.39 is 10.0 Å². The Hall–Kier alpha value is 0.400. The summed E-state index contributed by atoms with van der Waals surface area (Å²) < 4.78 is 15.7. The Labute approximate surface area is 61.5 Å². The van der Waals surface area contributed by atoms with E-state index in [1.165, 1.54) is 0 Å². The molecule has 0 saturated carbocycles. The van der Waals surface area contributed by atoms with Crippen molar-refractivity contribution in [2.75, 3.05) is 13.2 Å². The molecule has 1 aliphatic rings.